The van der Waals surface area contributed by atoms with Crippen LogP contribution < -0.4 is 16.0 Å². The maximum Gasteiger partial charge on any atom is 0.411 e. The van der Waals surface area contributed by atoms with E-state index in [4.69, 9.17) is 15.5 Å². The number of aryl methyl sites for hydroxylation is 2. The van der Waals surface area contributed by atoms with Crippen LogP contribution in [-0.4, -0.2) is 47.1 Å². The molecule has 9 heteroatoms. The number of hydrogen-bond donors (Lipinski definition) is 2. The molecule has 0 atom stereocenters. The Kier molecular flexibility index (Phi) is 6.32. The number of fused-ring (bicyclic) bond motifs is 1. The van der Waals surface area contributed by atoms with E-state index < -0.39 is 6.09 Å². The summed E-state index contributed by atoms with van der Waals surface area (Å²) in [4.78, 5) is 18.9. The number of anilines is 2. The molecule has 0 saturated carbocycles. The van der Waals surface area contributed by atoms with Crippen molar-refractivity contribution in [2.75, 3.05) is 30.4 Å². The number of ether oxygens (including phenoxy) is 1. The number of nitrogens with zero attached hydrogens (tertiary/aromatic N) is 4. The van der Waals surface area contributed by atoms with Crippen LogP contribution in [-0.2, 0) is 11.8 Å². The summed E-state index contributed by atoms with van der Waals surface area (Å²) in [5, 5.41) is 8.24. The van der Waals surface area contributed by atoms with Gasteiger partial charge in [0.15, 0.2) is 0 Å². The molecule has 2 aromatic heterocycles. The summed E-state index contributed by atoms with van der Waals surface area (Å²) < 4.78 is 20.8. The van der Waals surface area contributed by atoms with Gasteiger partial charge in [0.25, 0.3) is 0 Å². The van der Waals surface area contributed by atoms with Crippen molar-refractivity contribution in [3.63, 3.8) is 0 Å². The number of carbonyl (C=O) groups is 1. The topological polar surface area (TPSA) is 98.3 Å². The molecule has 1 saturated heterocycles. The van der Waals surface area contributed by atoms with Crippen molar-refractivity contribution >= 4 is 28.4 Å². The second-order valence-corrected chi connectivity index (χ2v) is 9.28. The lowest BCUT2D eigenvalue weighted by Crippen LogP contribution is -2.40. The Hall–Kier alpha value is -3.98. The molecule has 3 heterocycles. The summed E-state index contributed by atoms with van der Waals surface area (Å²) in [7, 11) is 3.11. The standard InChI is InChI=1S/C27H29FN6O2/c1-16-10-18(12-19(28)11-16)22-14-30-23-5-4-17(25-24(15-33(2)32-25)31-27(35)36-3)13-21(23)26(22)34-8-6-20(29)7-9-34/h4-5,10-15,20H,6-9,29H2,1-3H3,(H,31,35). The second-order valence-electron chi connectivity index (χ2n) is 9.28. The highest BCUT2D eigenvalue weighted by Crippen LogP contribution is 2.40. The Morgan fingerprint density at radius 1 is 1.17 bits per heavy atom. The number of hydrogen-bond acceptors (Lipinski definition) is 6. The molecular formula is C27H29FN6O2. The van der Waals surface area contributed by atoms with Crippen molar-refractivity contribution in [2.24, 2.45) is 12.8 Å². The Morgan fingerprint density at radius 3 is 2.67 bits per heavy atom. The van der Waals surface area contributed by atoms with Crippen LogP contribution in [0.2, 0.25) is 0 Å². The number of benzene rings is 2. The van der Waals surface area contributed by atoms with E-state index in [1.165, 1.54) is 13.2 Å². The molecule has 5 rings (SSSR count). The van der Waals surface area contributed by atoms with Crippen LogP contribution >= 0.6 is 0 Å². The zero-order valence-electron chi connectivity index (χ0n) is 20.6. The molecule has 0 bridgehead atoms. The molecule has 1 amide bonds. The molecule has 0 unspecified atom stereocenters. The number of nitrogens with one attached hydrogen (secondary N) is 1. The highest BCUT2D eigenvalue weighted by atomic mass is 19.1. The lowest BCUT2D eigenvalue weighted by molar-refractivity contribution is 0.187. The summed E-state index contributed by atoms with van der Waals surface area (Å²) in [6.07, 6.45) is 4.73. The van der Waals surface area contributed by atoms with Crippen LogP contribution in [0, 0.1) is 12.7 Å². The molecule has 186 valence electrons. The monoisotopic (exact) mass is 488 g/mol. The third-order valence-corrected chi connectivity index (χ3v) is 6.57. The van der Waals surface area contributed by atoms with Crippen molar-refractivity contribution in [1.29, 1.82) is 0 Å². The first-order valence-electron chi connectivity index (χ1n) is 11.9. The summed E-state index contributed by atoms with van der Waals surface area (Å²) >= 11 is 0. The Bertz CT molecular complexity index is 1420. The number of carbonyl (C=O) groups excluding carboxylic acids is 1. The molecule has 0 spiro atoms. The molecule has 2 aromatic carbocycles. The molecule has 3 N–H and O–H groups in total. The van der Waals surface area contributed by atoms with E-state index in [-0.39, 0.29) is 11.9 Å². The fourth-order valence-corrected chi connectivity index (χ4v) is 4.85. The number of piperidine rings is 1. The van der Waals surface area contributed by atoms with Crippen LogP contribution in [0.15, 0.2) is 48.8 Å². The van der Waals surface area contributed by atoms with Gasteiger partial charge in [-0.15, -0.1) is 0 Å². The first-order valence-corrected chi connectivity index (χ1v) is 11.9. The number of aromatic nitrogens is 3. The van der Waals surface area contributed by atoms with Crippen molar-refractivity contribution in [3.05, 3.63) is 60.2 Å². The molecule has 8 nitrogen and oxygen atoms in total. The summed E-state index contributed by atoms with van der Waals surface area (Å²) in [6, 6.07) is 11.1. The molecular weight excluding hydrogens is 459 g/mol. The van der Waals surface area contributed by atoms with Crippen molar-refractivity contribution < 1.29 is 13.9 Å². The van der Waals surface area contributed by atoms with E-state index in [0.717, 1.165) is 64.8 Å². The predicted molar refractivity (Wildman–Crippen MR) is 140 cm³/mol. The average Bonchev–Trinajstić information content (AvgIpc) is 3.22. The van der Waals surface area contributed by atoms with E-state index in [9.17, 15) is 9.18 Å². The van der Waals surface area contributed by atoms with Crippen LogP contribution in [0.4, 0.5) is 20.6 Å². The van der Waals surface area contributed by atoms with E-state index in [2.05, 4.69) is 15.3 Å². The molecule has 1 fully saturated rings. The third kappa shape index (κ3) is 4.61. The number of methoxy groups -OCH3 is 1. The van der Waals surface area contributed by atoms with Gasteiger partial charge in [-0.05, 0) is 55.2 Å². The first-order chi connectivity index (χ1) is 17.3. The van der Waals surface area contributed by atoms with E-state index >= 15 is 0 Å². The van der Waals surface area contributed by atoms with Gasteiger partial charge >= 0.3 is 6.09 Å². The maximum absolute atomic E-state index is 14.4. The smallest absolute Gasteiger partial charge is 0.411 e. The van der Waals surface area contributed by atoms with Gasteiger partial charge in [-0.3, -0.25) is 15.0 Å². The van der Waals surface area contributed by atoms with Gasteiger partial charge in [-0.1, -0.05) is 12.1 Å². The minimum Gasteiger partial charge on any atom is -0.453 e. The fraction of sp³-hybridized carbons (Fsp3) is 0.296. The summed E-state index contributed by atoms with van der Waals surface area (Å²) in [5.41, 5.74) is 12.5. The highest BCUT2D eigenvalue weighted by molar-refractivity contribution is 6.02. The van der Waals surface area contributed by atoms with Crippen LogP contribution in [0.25, 0.3) is 33.3 Å². The van der Waals surface area contributed by atoms with Gasteiger partial charge in [0.05, 0.1) is 24.0 Å². The summed E-state index contributed by atoms with van der Waals surface area (Å²) in [5.74, 6) is -0.280. The van der Waals surface area contributed by atoms with Crippen molar-refractivity contribution in [2.45, 2.75) is 25.8 Å². The van der Waals surface area contributed by atoms with Crippen molar-refractivity contribution in [1.82, 2.24) is 14.8 Å². The maximum atomic E-state index is 14.4. The molecule has 1 aliphatic rings. The number of halogens is 1. The number of pyridine rings is 1. The lowest BCUT2D eigenvalue weighted by atomic mass is 9.96. The minimum absolute atomic E-state index is 0.172. The molecule has 4 aromatic rings. The molecule has 0 radical (unpaired) electrons. The molecule has 1 aliphatic heterocycles. The highest BCUT2D eigenvalue weighted by Gasteiger charge is 2.23. The van der Waals surface area contributed by atoms with Gasteiger partial charge in [-0.2, -0.15) is 5.10 Å². The van der Waals surface area contributed by atoms with Gasteiger partial charge in [0.2, 0.25) is 0 Å². The zero-order chi connectivity index (χ0) is 25.4. The molecule has 0 aliphatic carbocycles. The SMILES string of the molecule is COC(=O)Nc1cn(C)nc1-c1ccc2ncc(-c3cc(C)cc(F)c3)c(N3CCC(N)CC3)c2c1. The average molecular weight is 489 g/mol. The Morgan fingerprint density at radius 2 is 1.94 bits per heavy atom. The van der Waals surface area contributed by atoms with Gasteiger partial charge in [0.1, 0.15) is 11.5 Å². The van der Waals surface area contributed by atoms with Crippen molar-refractivity contribution in [3.8, 4) is 22.4 Å². The van der Waals surface area contributed by atoms with E-state index in [1.807, 2.05) is 37.4 Å². The predicted octanol–water partition coefficient (Wildman–Crippen LogP) is 4.86. The van der Waals surface area contributed by atoms with E-state index in [1.54, 1.807) is 24.0 Å². The fourth-order valence-electron chi connectivity index (χ4n) is 4.85. The normalized spacial score (nSPS) is 14.3. The molecule has 36 heavy (non-hydrogen) atoms. The summed E-state index contributed by atoms with van der Waals surface area (Å²) in [6.45, 7) is 3.48. The van der Waals surface area contributed by atoms with E-state index in [0.29, 0.717) is 11.4 Å². The minimum atomic E-state index is -0.569. The largest absolute Gasteiger partial charge is 0.453 e. The Labute approximate surface area is 208 Å². The van der Waals surface area contributed by atoms with Gasteiger partial charge < -0.3 is 15.4 Å². The second kappa shape index (κ2) is 9.58. The van der Waals surface area contributed by atoms with Gasteiger partial charge in [0, 0.05) is 55.1 Å². The zero-order valence-corrected chi connectivity index (χ0v) is 20.6. The van der Waals surface area contributed by atoms with Crippen LogP contribution in [0.3, 0.4) is 0 Å². The first kappa shape index (κ1) is 23.7. The Balaban J connectivity index is 1.71. The van der Waals surface area contributed by atoms with Crippen LogP contribution in [0.1, 0.15) is 18.4 Å². The van der Waals surface area contributed by atoms with Crippen LogP contribution in [0.5, 0.6) is 0 Å². The quantitative estimate of drug-likeness (QED) is 0.426. The third-order valence-electron chi connectivity index (χ3n) is 6.57. The van der Waals surface area contributed by atoms with Gasteiger partial charge in [-0.25, -0.2) is 9.18 Å². The number of nitrogens with two attached hydrogens (primary N) is 1. The lowest BCUT2D eigenvalue weighted by Gasteiger charge is -2.34. The number of rotatable bonds is 4. The number of amides is 1.